The van der Waals surface area contributed by atoms with Crippen LogP contribution in [0.15, 0.2) is 46.0 Å². The smallest absolute Gasteiger partial charge is 0.252 e. The number of nitrogens with one attached hydrogen (secondary N) is 1. The molecule has 1 saturated heterocycles. The number of rotatable bonds is 4. The summed E-state index contributed by atoms with van der Waals surface area (Å²) >= 11 is 6.75. The summed E-state index contributed by atoms with van der Waals surface area (Å²) in [5.74, 6) is 0. The molecule has 0 radical (unpaired) electrons. The Hall–Kier alpha value is -1.48. The van der Waals surface area contributed by atoms with Crippen LogP contribution in [-0.4, -0.2) is 48.9 Å². The maximum absolute atomic E-state index is 12.6. The average Bonchev–Trinajstić information content (AvgIpc) is 3.17. The Labute approximate surface area is 158 Å². The van der Waals surface area contributed by atoms with E-state index in [9.17, 15) is 8.42 Å². The van der Waals surface area contributed by atoms with E-state index in [1.54, 1.807) is 17.5 Å². The molecular formula is C17H21N3O2S3. The van der Waals surface area contributed by atoms with Crippen LogP contribution in [-0.2, 0) is 16.4 Å². The number of aryl methyl sites for hydroxylation is 1. The van der Waals surface area contributed by atoms with Crippen LogP contribution in [0, 0.1) is 0 Å². The van der Waals surface area contributed by atoms with Crippen molar-refractivity contribution in [1.82, 2.24) is 9.21 Å². The summed E-state index contributed by atoms with van der Waals surface area (Å²) in [4.78, 5) is 2.02. The summed E-state index contributed by atoms with van der Waals surface area (Å²) in [6.07, 6.45) is 0.974. The molecule has 3 rings (SSSR count). The van der Waals surface area contributed by atoms with E-state index in [0.717, 1.165) is 12.1 Å². The van der Waals surface area contributed by atoms with Crippen molar-refractivity contribution in [3.8, 4) is 0 Å². The maximum atomic E-state index is 12.6. The van der Waals surface area contributed by atoms with E-state index in [1.165, 1.54) is 21.2 Å². The molecule has 2 aromatic rings. The Morgan fingerprint density at radius 3 is 2.60 bits per heavy atom. The first-order valence-corrected chi connectivity index (χ1v) is 10.9. The SMILES string of the molecule is CCc1cccc(NC(=S)N2CCN(S(=O)(=O)c3cccs3)CC2)c1. The number of hydrogen-bond acceptors (Lipinski definition) is 4. The molecule has 1 fully saturated rings. The first-order chi connectivity index (χ1) is 12.0. The third-order valence-corrected chi connectivity index (χ3v) is 7.83. The third kappa shape index (κ3) is 4.20. The highest BCUT2D eigenvalue weighted by Gasteiger charge is 2.29. The van der Waals surface area contributed by atoms with Gasteiger partial charge in [-0.1, -0.05) is 25.1 Å². The topological polar surface area (TPSA) is 52.6 Å². The number of thiophene rings is 1. The fourth-order valence-corrected chi connectivity index (χ4v) is 5.61. The molecule has 0 unspecified atom stereocenters. The van der Waals surface area contributed by atoms with Crippen molar-refractivity contribution in [3.05, 3.63) is 47.3 Å². The second-order valence-corrected chi connectivity index (χ2v) is 9.31. The minimum Gasteiger partial charge on any atom is -0.346 e. The zero-order chi connectivity index (χ0) is 17.9. The second-order valence-electron chi connectivity index (χ2n) is 5.81. The number of benzene rings is 1. The van der Waals surface area contributed by atoms with Crippen molar-refractivity contribution in [2.45, 2.75) is 17.6 Å². The molecule has 134 valence electrons. The van der Waals surface area contributed by atoms with Crippen LogP contribution < -0.4 is 5.32 Å². The molecule has 25 heavy (non-hydrogen) atoms. The van der Waals surface area contributed by atoms with Gasteiger partial charge in [-0.05, 0) is 47.8 Å². The standard InChI is InChI=1S/C17H21N3O2S3/c1-2-14-5-3-6-15(13-14)18-17(23)19-8-10-20(11-9-19)25(21,22)16-7-4-12-24-16/h3-7,12-13H,2,8-11H2,1H3,(H,18,23). The lowest BCUT2D eigenvalue weighted by atomic mass is 10.1. The van der Waals surface area contributed by atoms with Crippen LogP contribution in [0.3, 0.4) is 0 Å². The lowest BCUT2D eigenvalue weighted by molar-refractivity contribution is 0.269. The lowest BCUT2D eigenvalue weighted by Crippen LogP contribution is -2.51. The summed E-state index contributed by atoms with van der Waals surface area (Å²) in [6, 6.07) is 11.6. The molecule has 1 aromatic heterocycles. The number of anilines is 1. The predicted molar refractivity (Wildman–Crippen MR) is 107 cm³/mol. The minimum atomic E-state index is -3.37. The molecule has 0 saturated carbocycles. The molecule has 0 atom stereocenters. The van der Waals surface area contributed by atoms with Crippen molar-refractivity contribution in [1.29, 1.82) is 0 Å². The second kappa shape index (κ2) is 7.82. The number of thiocarbonyl (C=S) groups is 1. The fourth-order valence-electron chi connectivity index (χ4n) is 2.74. The minimum absolute atomic E-state index is 0.401. The van der Waals surface area contributed by atoms with Crippen molar-refractivity contribution in [2.24, 2.45) is 0 Å². The van der Waals surface area contributed by atoms with Crippen molar-refractivity contribution >= 4 is 44.4 Å². The summed E-state index contributed by atoms with van der Waals surface area (Å²) < 4.78 is 27.0. The highest BCUT2D eigenvalue weighted by atomic mass is 32.2. The van der Waals surface area contributed by atoms with Gasteiger partial charge in [-0.2, -0.15) is 4.31 Å². The normalized spacial score (nSPS) is 16.0. The van der Waals surface area contributed by atoms with Gasteiger partial charge in [0.2, 0.25) is 0 Å². The van der Waals surface area contributed by atoms with Gasteiger partial charge < -0.3 is 10.2 Å². The van der Waals surface area contributed by atoms with Gasteiger partial charge in [0.1, 0.15) is 4.21 Å². The summed E-state index contributed by atoms with van der Waals surface area (Å²) in [7, 11) is -3.37. The van der Waals surface area contributed by atoms with Crippen LogP contribution in [0.2, 0.25) is 0 Å². The molecule has 1 N–H and O–H groups in total. The van der Waals surface area contributed by atoms with Gasteiger partial charge in [-0.15, -0.1) is 11.3 Å². The van der Waals surface area contributed by atoms with E-state index in [0.29, 0.717) is 35.5 Å². The molecule has 0 bridgehead atoms. The molecule has 8 heteroatoms. The Morgan fingerprint density at radius 2 is 1.96 bits per heavy atom. The van der Waals surface area contributed by atoms with Crippen LogP contribution in [0.25, 0.3) is 0 Å². The fraction of sp³-hybridized carbons (Fsp3) is 0.353. The molecule has 2 heterocycles. The summed E-state index contributed by atoms with van der Waals surface area (Å²) in [5.41, 5.74) is 2.22. The first kappa shape index (κ1) is 18.3. The number of nitrogens with zero attached hydrogens (tertiary/aromatic N) is 2. The predicted octanol–water partition coefficient (Wildman–Crippen LogP) is 3.01. The molecule has 1 aliphatic rings. The van der Waals surface area contributed by atoms with Crippen molar-refractivity contribution < 1.29 is 8.42 Å². The highest BCUT2D eigenvalue weighted by molar-refractivity contribution is 7.91. The number of hydrogen-bond donors (Lipinski definition) is 1. The molecule has 0 amide bonds. The Bertz CT molecular complexity index is 827. The van der Waals surface area contributed by atoms with Crippen LogP contribution in [0.5, 0.6) is 0 Å². The molecule has 0 aliphatic carbocycles. The van der Waals surface area contributed by atoms with Crippen molar-refractivity contribution in [3.63, 3.8) is 0 Å². The van der Waals surface area contributed by atoms with Crippen LogP contribution in [0.1, 0.15) is 12.5 Å². The van der Waals surface area contributed by atoms with Gasteiger partial charge in [0, 0.05) is 31.9 Å². The molecule has 5 nitrogen and oxygen atoms in total. The van der Waals surface area contributed by atoms with Gasteiger partial charge in [0.25, 0.3) is 10.0 Å². The summed E-state index contributed by atoms with van der Waals surface area (Å²) in [5, 5.41) is 5.68. The van der Waals surface area contributed by atoms with Crippen molar-refractivity contribution in [2.75, 3.05) is 31.5 Å². The van der Waals surface area contributed by atoms with Gasteiger partial charge in [0.05, 0.1) is 0 Å². The van der Waals surface area contributed by atoms with Gasteiger partial charge in [-0.3, -0.25) is 0 Å². The Morgan fingerprint density at radius 1 is 1.20 bits per heavy atom. The lowest BCUT2D eigenvalue weighted by Gasteiger charge is -2.35. The van der Waals surface area contributed by atoms with Crippen LogP contribution in [0.4, 0.5) is 5.69 Å². The van der Waals surface area contributed by atoms with Gasteiger partial charge in [0.15, 0.2) is 5.11 Å². The number of piperazine rings is 1. The zero-order valence-corrected chi connectivity index (χ0v) is 16.5. The van der Waals surface area contributed by atoms with Crippen LogP contribution >= 0.6 is 23.6 Å². The average molecular weight is 396 g/mol. The highest BCUT2D eigenvalue weighted by Crippen LogP contribution is 2.22. The Kier molecular flexibility index (Phi) is 5.73. The van der Waals surface area contributed by atoms with E-state index in [1.807, 2.05) is 17.0 Å². The third-order valence-electron chi connectivity index (χ3n) is 4.20. The summed E-state index contributed by atoms with van der Waals surface area (Å²) in [6.45, 7) is 4.17. The van der Waals surface area contributed by atoms with E-state index in [-0.39, 0.29) is 0 Å². The van der Waals surface area contributed by atoms with Gasteiger partial charge >= 0.3 is 0 Å². The zero-order valence-electron chi connectivity index (χ0n) is 14.0. The molecule has 1 aromatic carbocycles. The van der Waals surface area contributed by atoms with E-state index < -0.39 is 10.0 Å². The Balaban J connectivity index is 1.59. The van der Waals surface area contributed by atoms with E-state index in [4.69, 9.17) is 12.2 Å². The van der Waals surface area contributed by atoms with E-state index in [2.05, 4.69) is 24.4 Å². The first-order valence-electron chi connectivity index (χ1n) is 8.19. The molecule has 0 spiro atoms. The van der Waals surface area contributed by atoms with Gasteiger partial charge in [-0.25, -0.2) is 8.42 Å². The quantitative estimate of drug-likeness (QED) is 0.807. The monoisotopic (exact) mass is 395 g/mol. The van der Waals surface area contributed by atoms with E-state index >= 15 is 0 Å². The maximum Gasteiger partial charge on any atom is 0.252 e. The molecule has 1 aliphatic heterocycles. The largest absolute Gasteiger partial charge is 0.346 e. The number of sulfonamides is 1. The molecular weight excluding hydrogens is 374 g/mol.